The summed E-state index contributed by atoms with van der Waals surface area (Å²) in [4.78, 5) is 4.54. The van der Waals surface area contributed by atoms with Crippen molar-refractivity contribution in [3.05, 3.63) is 47.7 Å². The number of aryl methyl sites for hydroxylation is 1. The van der Waals surface area contributed by atoms with Crippen molar-refractivity contribution in [1.29, 1.82) is 0 Å². The van der Waals surface area contributed by atoms with Crippen LogP contribution >= 0.6 is 0 Å². The standard InChI is InChI=1S/C13H13N/c1-3-5-11-8-9-12-10(2)6-4-7-13(12)14-11/h3-9H,1-2H3/b5-3+. The average Bonchev–Trinajstić information content (AvgIpc) is 2.18. The number of allylic oxidation sites excluding steroid dienone is 1. The van der Waals surface area contributed by atoms with Crippen LogP contribution in [0.25, 0.3) is 17.0 Å². The second kappa shape index (κ2) is 3.62. The van der Waals surface area contributed by atoms with E-state index in [1.165, 1.54) is 10.9 Å². The normalized spacial score (nSPS) is 11.3. The highest BCUT2D eigenvalue weighted by Crippen LogP contribution is 2.16. The van der Waals surface area contributed by atoms with Crippen LogP contribution in [0.15, 0.2) is 36.4 Å². The van der Waals surface area contributed by atoms with Gasteiger partial charge in [0, 0.05) is 5.39 Å². The molecule has 0 aliphatic heterocycles. The molecule has 0 saturated heterocycles. The van der Waals surface area contributed by atoms with Crippen LogP contribution in [0.1, 0.15) is 18.2 Å². The van der Waals surface area contributed by atoms with E-state index in [1.54, 1.807) is 0 Å². The van der Waals surface area contributed by atoms with Crippen molar-refractivity contribution in [3.63, 3.8) is 0 Å². The van der Waals surface area contributed by atoms with Gasteiger partial charge in [0.05, 0.1) is 11.2 Å². The van der Waals surface area contributed by atoms with Gasteiger partial charge in [0.1, 0.15) is 0 Å². The lowest BCUT2D eigenvalue weighted by Gasteiger charge is -2.01. The van der Waals surface area contributed by atoms with Gasteiger partial charge in [-0.2, -0.15) is 0 Å². The number of aromatic nitrogens is 1. The molecule has 1 aromatic heterocycles. The van der Waals surface area contributed by atoms with Crippen LogP contribution in [0.4, 0.5) is 0 Å². The minimum atomic E-state index is 1.02. The highest BCUT2D eigenvalue weighted by Gasteiger charge is 1.97. The maximum Gasteiger partial charge on any atom is 0.0711 e. The minimum absolute atomic E-state index is 1.02. The van der Waals surface area contributed by atoms with Gasteiger partial charge in [-0.3, -0.25) is 0 Å². The van der Waals surface area contributed by atoms with E-state index in [0.29, 0.717) is 0 Å². The molecule has 1 heterocycles. The van der Waals surface area contributed by atoms with E-state index in [-0.39, 0.29) is 0 Å². The fraction of sp³-hybridized carbons (Fsp3) is 0.154. The fourth-order valence-electron chi connectivity index (χ4n) is 1.59. The molecule has 14 heavy (non-hydrogen) atoms. The van der Waals surface area contributed by atoms with Crippen LogP contribution in [0, 0.1) is 6.92 Å². The van der Waals surface area contributed by atoms with Crippen LogP contribution in [0.2, 0.25) is 0 Å². The van der Waals surface area contributed by atoms with Crippen LogP contribution in [-0.4, -0.2) is 4.98 Å². The van der Waals surface area contributed by atoms with Gasteiger partial charge in [-0.05, 0) is 37.6 Å². The van der Waals surface area contributed by atoms with Gasteiger partial charge in [-0.1, -0.05) is 24.3 Å². The first-order chi connectivity index (χ1) is 6.81. The summed E-state index contributed by atoms with van der Waals surface area (Å²) in [7, 11) is 0. The molecule has 0 atom stereocenters. The molecule has 0 aliphatic carbocycles. The molecule has 1 nitrogen and oxygen atoms in total. The summed E-state index contributed by atoms with van der Waals surface area (Å²) in [5.74, 6) is 0. The average molecular weight is 183 g/mol. The first kappa shape index (κ1) is 8.95. The van der Waals surface area contributed by atoms with Crippen LogP contribution in [0.5, 0.6) is 0 Å². The maximum atomic E-state index is 4.54. The first-order valence-corrected chi connectivity index (χ1v) is 4.80. The number of benzene rings is 1. The molecule has 0 amide bonds. The molecule has 0 bridgehead atoms. The van der Waals surface area contributed by atoms with E-state index < -0.39 is 0 Å². The zero-order valence-corrected chi connectivity index (χ0v) is 8.49. The van der Waals surface area contributed by atoms with Crippen molar-refractivity contribution in [2.75, 3.05) is 0 Å². The Balaban J connectivity index is 2.67. The largest absolute Gasteiger partial charge is 0.248 e. The molecule has 70 valence electrons. The molecule has 0 N–H and O–H groups in total. The minimum Gasteiger partial charge on any atom is -0.248 e. The van der Waals surface area contributed by atoms with Gasteiger partial charge in [0.15, 0.2) is 0 Å². The van der Waals surface area contributed by atoms with Crippen LogP contribution < -0.4 is 0 Å². The van der Waals surface area contributed by atoms with Gasteiger partial charge in [0.25, 0.3) is 0 Å². The molecular formula is C13H13N. The van der Waals surface area contributed by atoms with Crippen molar-refractivity contribution in [2.24, 2.45) is 0 Å². The quantitative estimate of drug-likeness (QED) is 0.658. The Bertz CT molecular complexity index is 484. The van der Waals surface area contributed by atoms with E-state index in [9.17, 15) is 0 Å². The zero-order valence-electron chi connectivity index (χ0n) is 8.49. The molecule has 2 aromatic rings. The summed E-state index contributed by atoms with van der Waals surface area (Å²) in [5.41, 5.74) is 3.37. The SMILES string of the molecule is C/C=C/c1ccc2c(C)cccc2n1. The van der Waals surface area contributed by atoms with E-state index in [2.05, 4.69) is 36.2 Å². The van der Waals surface area contributed by atoms with E-state index in [4.69, 9.17) is 0 Å². The summed E-state index contributed by atoms with van der Waals surface area (Å²) < 4.78 is 0. The molecule has 0 spiro atoms. The topological polar surface area (TPSA) is 12.9 Å². The summed E-state index contributed by atoms with van der Waals surface area (Å²) >= 11 is 0. The predicted molar refractivity (Wildman–Crippen MR) is 61.2 cm³/mol. The van der Waals surface area contributed by atoms with Crippen molar-refractivity contribution >= 4 is 17.0 Å². The Labute approximate surface area is 84.1 Å². The Morgan fingerprint density at radius 2 is 2.00 bits per heavy atom. The molecule has 0 fully saturated rings. The molecule has 1 heteroatoms. The van der Waals surface area contributed by atoms with E-state index in [1.807, 2.05) is 25.1 Å². The molecule has 0 aliphatic rings. The lowest BCUT2D eigenvalue weighted by Crippen LogP contribution is -1.84. The van der Waals surface area contributed by atoms with E-state index >= 15 is 0 Å². The second-order valence-electron chi connectivity index (χ2n) is 3.38. The van der Waals surface area contributed by atoms with Crippen LogP contribution in [0.3, 0.4) is 0 Å². The Kier molecular flexibility index (Phi) is 2.32. The number of nitrogens with zero attached hydrogens (tertiary/aromatic N) is 1. The summed E-state index contributed by atoms with van der Waals surface area (Å²) in [6.45, 7) is 4.11. The number of pyridine rings is 1. The van der Waals surface area contributed by atoms with Crippen molar-refractivity contribution in [3.8, 4) is 0 Å². The number of fused-ring (bicyclic) bond motifs is 1. The third-order valence-electron chi connectivity index (χ3n) is 2.31. The molecular weight excluding hydrogens is 170 g/mol. The Morgan fingerprint density at radius 3 is 2.79 bits per heavy atom. The highest BCUT2D eigenvalue weighted by molar-refractivity contribution is 5.82. The molecule has 1 aromatic carbocycles. The number of hydrogen-bond donors (Lipinski definition) is 0. The smallest absolute Gasteiger partial charge is 0.0711 e. The number of rotatable bonds is 1. The van der Waals surface area contributed by atoms with Gasteiger partial charge in [-0.15, -0.1) is 0 Å². The lowest BCUT2D eigenvalue weighted by atomic mass is 10.1. The summed E-state index contributed by atoms with van der Waals surface area (Å²) in [5, 5.41) is 1.24. The molecule has 2 rings (SSSR count). The monoisotopic (exact) mass is 183 g/mol. The Morgan fingerprint density at radius 1 is 1.14 bits per heavy atom. The predicted octanol–water partition coefficient (Wildman–Crippen LogP) is 3.58. The third kappa shape index (κ3) is 1.53. The molecule has 0 radical (unpaired) electrons. The third-order valence-corrected chi connectivity index (χ3v) is 2.31. The molecule has 0 saturated carbocycles. The van der Waals surface area contributed by atoms with E-state index in [0.717, 1.165) is 11.2 Å². The second-order valence-corrected chi connectivity index (χ2v) is 3.38. The summed E-state index contributed by atoms with van der Waals surface area (Å²) in [6.07, 6.45) is 4.02. The van der Waals surface area contributed by atoms with Crippen molar-refractivity contribution < 1.29 is 0 Å². The van der Waals surface area contributed by atoms with Gasteiger partial charge in [0.2, 0.25) is 0 Å². The van der Waals surface area contributed by atoms with Gasteiger partial charge < -0.3 is 0 Å². The van der Waals surface area contributed by atoms with Crippen LogP contribution in [-0.2, 0) is 0 Å². The van der Waals surface area contributed by atoms with Gasteiger partial charge >= 0.3 is 0 Å². The number of hydrogen-bond acceptors (Lipinski definition) is 1. The lowest BCUT2D eigenvalue weighted by molar-refractivity contribution is 1.35. The molecule has 0 unspecified atom stereocenters. The highest BCUT2D eigenvalue weighted by atomic mass is 14.7. The first-order valence-electron chi connectivity index (χ1n) is 4.80. The van der Waals surface area contributed by atoms with Gasteiger partial charge in [-0.25, -0.2) is 4.98 Å². The Hall–Kier alpha value is -1.63. The zero-order chi connectivity index (χ0) is 9.97. The van der Waals surface area contributed by atoms with Crippen molar-refractivity contribution in [1.82, 2.24) is 4.98 Å². The summed E-state index contributed by atoms with van der Waals surface area (Å²) in [6, 6.07) is 10.4. The van der Waals surface area contributed by atoms with Crippen molar-refractivity contribution in [2.45, 2.75) is 13.8 Å². The fourth-order valence-corrected chi connectivity index (χ4v) is 1.59. The maximum absolute atomic E-state index is 4.54.